The maximum Gasteiger partial charge on any atom is 0.233 e. The Morgan fingerprint density at radius 3 is 2.86 bits per heavy atom. The standard InChI is InChI=1S/C8H7BrFNO2S/c9-6-1-2-7-5(8(6)10)3-4-14(12,13)11-7/h1-2,11H,3-4H2. The van der Waals surface area contributed by atoms with Crippen molar-refractivity contribution in [3.63, 3.8) is 0 Å². The van der Waals surface area contributed by atoms with Gasteiger partial charge in [-0.3, -0.25) is 4.72 Å². The van der Waals surface area contributed by atoms with Crippen molar-refractivity contribution >= 4 is 31.6 Å². The normalized spacial score (nSPS) is 18.4. The van der Waals surface area contributed by atoms with E-state index in [2.05, 4.69) is 20.7 Å². The predicted octanol–water partition coefficient (Wildman–Crippen LogP) is 1.89. The average Bonchev–Trinajstić information content (AvgIpc) is 2.10. The number of nitrogens with one attached hydrogen (secondary N) is 1. The molecule has 0 atom stereocenters. The number of halogens is 2. The molecule has 0 saturated carbocycles. The van der Waals surface area contributed by atoms with E-state index in [1.165, 1.54) is 6.07 Å². The smallest absolute Gasteiger partial charge is 0.233 e. The van der Waals surface area contributed by atoms with Gasteiger partial charge in [0.05, 0.1) is 15.9 Å². The zero-order chi connectivity index (χ0) is 10.3. The molecule has 0 bridgehead atoms. The molecule has 0 spiro atoms. The van der Waals surface area contributed by atoms with E-state index in [0.29, 0.717) is 15.7 Å². The van der Waals surface area contributed by atoms with E-state index in [4.69, 9.17) is 0 Å². The summed E-state index contributed by atoms with van der Waals surface area (Å²) in [6, 6.07) is 3.04. The van der Waals surface area contributed by atoms with E-state index in [1.807, 2.05) is 0 Å². The first-order chi connectivity index (χ1) is 6.49. The SMILES string of the molecule is O=S1(=O)CCc2c(ccc(Br)c2F)N1. The largest absolute Gasteiger partial charge is 0.283 e. The van der Waals surface area contributed by atoms with Gasteiger partial charge in [0.2, 0.25) is 10.0 Å². The summed E-state index contributed by atoms with van der Waals surface area (Å²) in [5.41, 5.74) is 0.770. The summed E-state index contributed by atoms with van der Waals surface area (Å²) in [7, 11) is -3.26. The predicted molar refractivity (Wildman–Crippen MR) is 55.2 cm³/mol. The third-order valence-corrected chi connectivity index (χ3v) is 3.97. The Bertz CT molecular complexity index is 486. The van der Waals surface area contributed by atoms with Crippen molar-refractivity contribution in [3.8, 4) is 0 Å². The van der Waals surface area contributed by atoms with Gasteiger partial charge in [-0.1, -0.05) is 0 Å². The molecule has 1 aliphatic rings. The van der Waals surface area contributed by atoms with Gasteiger partial charge in [0, 0.05) is 5.56 Å². The fourth-order valence-corrected chi connectivity index (χ4v) is 2.86. The Morgan fingerprint density at radius 1 is 1.43 bits per heavy atom. The molecule has 14 heavy (non-hydrogen) atoms. The minimum absolute atomic E-state index is 0.0621. The van der Waals surface area contributed by atoms with Gasteiger partial charge in [0.1, 0.15) is 5.82 Å². The molecule has 0 aliphatic carbocycles. The van der Waals surface area contributed by atoms with Gasteiger partial charge >= 0.3 is 0 Å². The van der Waals surface area contributed by atoms with Crippen LogP contribution in [0.5, 0.6) is 0 Å². The molecule has 1 N–H and O–H groups in total. The number of hydrogen-bond donors (Lipinski definition) is 1. The van der Waals surface area contributed by atoms with E-state index < -0.39 is 10.0 Å². The third-order valence-electron chi connectivity index (χ3n) is 2.08. The molecule has 76 valence electrons. The third kappa shape index (κ3) is 1.64. The van der Waals surface area contributed by atoms with Crippen LogP contribution in [0.3, 0.4) is 0 Å². The summed E-state index contributed by atoms with van der Waals surface area (Å²) in [6.07, 6.45) is 0.218. The zero-order valence-corrected chi connectivity index (χ0v) is 9.45. The van der Waals surface area contributed by atoms with Crippen LogP contribution in [0, 0.1) is 5.82 Å². The Balaban J connectivity index is 2.57. The molecule has 6 heteroatoms. The van der Waals surface area contributed by atoms with Gasteiger partial charge in [-0.2, -0.15) is 0 Å². The van der Waals surface area contributed by atoms with E-state index in [1.54, 1.807) is 6.07 Å². The molecule has 3 nitrogen and oxygen atoms in total. The first-order valence-corrected chi connectivity index (χ1v) is 6.41. The maximum atomic E-state index is 13.5. The lowest BCUT2D eigenvalue weighted by atomic mass is 10.1. The highest BCUT2D eigenvalue weighted by Gasteiger charge is 2.23. The van der Waals surface area contributed by atoms with Crippen molar-refractivity contribution in [1.82, 2.24) is 0 Å². The molecule has 0 saturated heterocycles. The van der Waals surface area contributed by atoms with Crippen LogP contribution in [0.15, 0.2) is 16.6 Å². The molecular formula is C8H7BrFNO2S. The van der Waals surface area contributed by atoms with Crippen LogP contribution in [-0.4, -0.2) is 14.2 Å². The lowest BCUT2D eigenvalue weighted by Gasteiger charge is -2.18. The molecule has 1 aliphatic heterocycles. The minimum atomic E-state index is -3.26. The van der Waals surface area contributed by atoms with Crippen molar-refractivity contribution in [2.45, 2.75) is 6.42 Å². The minimum Gasteiger partial charge on any atom is -0.283 e. The van der Waals surface area contributed by atoms with Gasteiger partial charge < -0.3 is 0 Å². The molecule has 1 heterocycles. The number of hydrogen-bond acceptors (Lipinski definition) is 2. The zero-order valence-electron chi connectivity index (χ0n) is 7.05. The highest BCUT2D eigenvalue weighted by molar-refractivity contribution is 9.10. The maximum absolute atomic E-state index is 13.5. The van der Waals surface area contributed by atoms with Crippen LogP contribution in [0.1, 0.15) is 5.56 Å². The van der Waals surface area contributed by atoms with Crippen LogP contribution < -0.4 is 4.72 Å². The van der Waals surface area contributed by atoms with Gasteiger partial charge in [-0.15, -0.1) is 0 Å². The number of benzene rings is 1. The Hall–Kier alpha value is -0.620. The van der Waals surface area contributed by atoms with Crippen LogP contribution in [-0.2, 0) is 16.4 Å². The van der Waals surface area contributed by atoms with Crippen LogP contribution in [0.25, 0.3) is 0 Å². The van der Waals surface area contributed by atoms with Crippen molar-refractivity contribution in [3.05, 3.63) is 28.0 Å². The monoisotopic (exact) mass is 279 g/mol. The summed E-state index contributed by atoms with van der Waals surface area (Å²) in [5.74, 6) is -0.446. The van der Waals surface area contributed by atoms with E-state index in [9.17, 15) is 12.8 Å². The molecule has 0 aromatic heterocycles. The van der Waals surface area contributed by atoms with Crippen LogP contribution in [0.2, 0.25) is 0 Å². The molecule has 0 radical (unpaired) electrons. The molecule has 0 fully saturated rings. The average molecular weight is 280 g/mol. The lowest BCUT2D eigenvalue weighted by molar-refractivity contribution is 0.589. The fraction of sp³-hybridized carbons (Fsp3) is 0.250. The number of sulfonamides is 1. The molecule has 1 aromatic rings. The summed E-state index contributed by atoms with van der Waals surface area (Å²) >= 11 is 3.05. The number of fused-ring (bicyclic) bond motifs is 1. The highest BCUT2D eigenvalue weighted by atomic mass is 79.9. The Kier molecular flexibility index (Phi) is 2.27. The summed E-state index contributed by atoms with van der Waals surface area (Å²) < 4.78 is 38.5. The first kappa shape index (κ1) is 9.92. The molecule has 2 rings (SSSR count). The Morgan fingerprint density at radius 2 is 2.14 bits per heavy atom. The molecular weight excluding hydrogens is 273 g/mol. The molecule has 0 amide bonds. The fourth-order valence-electron chi connectivity index (χ4n) is 1.39. The van der Waals surface area contributed by atoms with Gasteiger partial charge in [-0.25, -0.2) is 12.8 Å². The topological polar surface area (TPSA) is 46.2 Å². The lowest BCUT2D eigenvalue weighted by Crippen LogP contribution is -2.24. The summed E-state index contributed by atoms with van der Waals surface area (Å²) in [6.45, 7) is 0. The second-order valence-corrected chi connectivity index (χ2v) is 5.75. The second kappa shape index (κ2) is 3.20. The van der Waals surface area contributed by atoms with Crippen molar-refractivity contribution < 1.29 is 12.8 Å². The van der Waals surface area contributed by atoms with Crippen LogP contribution >= 0.6 is 15.9 Å². The second-order valence-electron chi connectivity index (χ2n) is 3.06. The number of anilines is 1. The van der Waals surface area contributed by atoms with Crippen molar-refractivity contribution in [2.75, 3.05) is 10.5 Å². The van der Waals surface area contributed by atoms with Gasteiger partial charge in [-0.05, 0) is 34.5 Å². The summed E-state index contributed by atoms with van der Waals surface area (Å²) in [4.78, 5) is 0. The number of rotatable bonds is 0. The van der Waals surface area contributed by atoms with E-state index in [0.717, 1.165) is 0 Å². The van der Waals surface area contributed by atoms with Crippen molar-refractivity contribution in [1.29, 1.82) is 0 Å². The van der Waals surface area contributed by atoms with Crippen LogP contribution in [0.4, 0.5) is 10.1 Å². The summed E-state index contributed by atoms with van der Waals surface area (Å²) in [5, 5.41) is 0. The first-order valence-electron chi connectivity index (χ1n) is 3.97. The molecule has 0 unspecified atom stereocenters. The van der Waals surface area contributed by atoms with Gasteiger partial charge in [0.25, 0.3) is 0 Å². The van der Waals surface area contributed by atoms with Crippen molar-refractivity contribution in [2.24, 2.45) is 0 Å². The molecule has 1 aromatic carbocycles. The quantitative estimate of drug-likeness (QED) is 0.788. The van der Waals surface area contributed by atoms with E-state index >= 15 is 0 Å². The highest BCUT2D eigenvalue weighted by Crippen LogP contribution is 2.29. The van der Waals surface area contributed by atoms with E-state index in [-0.39, 0.29) is 18.0 Å². The van der Waals surface area contributed by atoms with Gasteiger partial charge in [0.15, 0.2) is 0 Å². The Labute approximate surface area is 89.5 Å².